The normalized spacial score (nSPS) is 14.3. The lowest BCUT2D eigenvalue weighted by molar-refractivity contribution is -0.135. The standard InChI is InChI=1S/C23H23N5O3/c1-17-2-6-19(7-3-17)23-25-21(31-26-23)15-27-10-12-28(13-11-27)22(29)16-30-20-8-4-18(14-24)5-9-20/h2-9H,10-13,15-16H2,1H3. The second-order valence-electron chi connectivity index (χ2n) is 7.46. The van der Waals surface area contributed by atoms with E-state index in [1.165, 1.54) is 5.56 Å². The summed E-state index contributed by atoms with van der Waals surface area (Å²) < 4.78 is 11.0. The second kappa shape index (κ2) is 9.41. The fourth-order valence-corrected chi connectivity index (χ4v) is 3.35. The van der Waals surface area contributed by atoms with Crippen molar-refractivity contribution in [1.82, 2.24) is 19.9 Å². The summed E-state index contributed by atoms with van der Waals surface area (Å²) in [6.07, 6.45) is 0. The van der Waals surface area contributed by atoms with Crippen molar-refractivity contribution in [2.45, 2.75) is 13.5 Å². The van der Waals surface area contributed by atoms with Crippen LogP contribution in [0.2, 0.25) is 0 Å². The minimum atomic E-state index is -0.0524. The van der Waals surface area contributed by atoms with Crippen molar-refractivity contribution in [3.05, 3.63) is 65.5 Å². The maximum absolute atomic E-state index is 12.4. The van der Waals surface area contributed by atoms with E-state index in [0.29, 0.717) is 42.7 Å². The van der Waals surface area contributed by atoms with Crippen LogP contribution in [0.5, 0.6) is 5.75 Å². The van der Waals surface area contributed by atoms with Crippen LogP contribution in [-0.2, 0) is 11.3 Å². The Morgan fingerprint density at radius 2 is 1.81 bits per heavy atom. The van der Waals surface area contributed by atoms with Crippen molar-refractivity contribution in [3.8, 4) is 23.2 Å². The molecule has 1 fully saturated rings. The predicted molar refractivity (Wildman–Crippen MR) is 113 cm³/mol. The van der Waals surface area contributed by atoms with Gasteiger partial charge in [-0.25, -0.2) is 0 Å². The monoisotopic (exact) mass is 417 g/mol. The van der Waals surface area contributed by atoms with Gasteiger partial charge in [0, 0.05) is 31.7 Å². The molecular weight excluding hydrogens is 394 g/mol. The summed E-state index contributed by atoms with van der Waals surface area (Å²) in [7, 11) is 0. The largest absolute Gasteiger partial charge is 0.484 e. The Hall–Kier alpha value is -3.70. The topological polar surface area (TPSA) is 95.5 Å². The summed E-state index contributed by atoms with van der Waals surface area (Å²) in [5.74, 6) is 1.68. The zero-order valence-corrected chi connectivity index (χ0v) is 17.3. The third kappa shape index (κ3) is 5.27. The van der Waals surface area contributed by atoms with Crippen LogP contribution in [0.3, 0.4) is 0 Å². The molecule has 2 heterocycles. The minimum absolute atomic E-state index is 0.0184. The van der Waals surface area contributed by atoms with Crippen molar-refractivity contribution in [2.75, 3.05) is 32.8 Å². The van der Waals surface area contributed by atoms with Gasteiger partial charge < -0.3 is 14.2 Å². The van der Waals surface area contributed by atoms with Crippen LogP contribution >= 0.6 is 0 Å². The molecule has 0 unspecified atom stereocenters. The molecular formula is C23H23N5O3. The number of amides is 1. The first-order valence-electron chi connectivity index (χ1n) is 10.1. The van der Waals surface area contributed by atoms with E-state index >= 15 is 0 Å². The number of ether oxygens (including phenoxy) is 1. The number of carbonyl (C=O) groups excluding carboxylic acids is 1. The lowest BCUT2D eigenvalue weighted by Crippen LogP contribution is -2.49. The molecule has 4 rings (SSSR count). The highest BCUT2D eigenvalue weighted by molar-refractivity contribution is 5.77. The minimum Gasteiger partial charge on any atom is -0.484 e. The van der Waals surface area contributed by atoms with Crippen LogP contribution in [0.1, 0.15) is 17.0 Å². The molecule has 3 aromatic rings. The number of aryl methyl sites for hydroxylation is 1. The second-order valence-corrected chi connectivity index (χ2v) is 7.46. The quantitative estimate of drug-likeness (QED) is 0.608. The Bertz CT molecular complexity index is 1060. The van der Waals surface area contributed by atoms with Gasteiger partial charge in [0.15, 0.2) is 6.61 Å². The molecule has 0 bridgehead atoms. The van der Waals surface area contributed by atoms with Crippen LogP contribution in [0, 0.1) is 18.3 Å². The van der Waals surface area contributed by atoms with Crippen molar-refractivity contribution in [1.29, 1.82) is 5.26 Å². The van der Waals surface area contributed by atoms with Crippen molar-refractivity contribution >= 4 is 5.91 Å². The highest BCUT2D eigenvalue weighted by Crippen LogP contribution is 2.17. The summed E-state index contributed by atoms with van der Waals surface area (Å²) in [6.45, 7) is 5.27. The van der Waals surface area contributed by atoms with Gasteiger partial charge in [0.05, 0.1) is 18.2 Å². The van der Waals surface area contributed by atoms with E-state index in [9.17, 15) is 4.79 Å². The Kier molecular flexibility index (Phi) is 6.24. The number of hydrogen-bond acceptors (Lipinski definition) is 7. The molecule has 0 radical (unpaired) electrons. The van der Waals surface area contributed by atoms with Crippen LogP contribution in [0.25, 0.3) is 11.4 Å². The molecule has 1 aromatic heterocycles. The van der Waals surface area contributed by atoms with Crippen LogP contribution in [0.15, 0.2) is 53.1 Å². The van der Waals surface area contributed by atoms with Gasteiger partial charge in [-0.1, -0.05) is 35.0 Å². The third-order valence-electron chi connectivity index (χ3n) is 5.21. The van der Waals surface area contributed by atoms with E-state index < -0.39 is 0 Å². The molecule has 8 nitrogen and oxygen atoms in total. The highest BCUT2D eigenvalue weighted by Gasteiger charge is 2.23. The number of benzene rings is 2. The molecule has 0 atom stereocenters. The van der Waals surface area contributed by atoms with Gasteiger partial charge in [-0.3, -0.25) is 9.69 Å². The average Bonchev–Trinajstić information content (AvgIpc) is 3.27. The summed E-state index contributed by atoms with van der Waals surface area (Å²) >= 11 is 0. The zero-order chi connectivity index (χ0) is 21.6. The summed E-state index contributed by atoms with van der Waals surface area (Å²) in [6, 6.07) is 16.8. The van der Waals surface area contributed by atoms with Crippen molar-refractivity contribution in [2.24, 2.45) is 0 Å². The molecule has 158 valence electrons. The van der Waals surface area contributed by atoms with Gasteiger partial charge in [-0.2, -0.15) is 10.2 Å². The summed E-state index contributed by atoms with van der Waals surface area (Å²) in [4.78, 5) is 20.9. The maximum Gasteiger partial charge on any atom is 0.260 e. The van der Waals surface area contributed by atoms with Gasteiger partial charge in [0.25, 0.3) is 5.91 Å². The van der Waals surface area contributed by atoms with Gasteiger partial charge in [-0.15, -0.1) is 0 Å². The van der Waals surface area contributed by atoms with E-state index in [2.05, 4.69) is 21.1 Å². The van der Waals surface area contributed by atoms with Crippen LogP contribution in [0.4, 0.5) is 0 Å². The highest BCUT2D eigenvalue weighted by atomic mass is 16.5. The first-order valence-corrected chi connectivity index (χ1v) is 10.1. The number of piperazine rings is 1. The number of rotatable bonds is 6. The van der Waals surface area contributed by atoms with E-state index in [-0.39, 0.29) is 12.5 Å². The predicted octanol–water partition coefficient (Wildman–Crippen LogP) is 2.64. The first kappa shape index (κ1) is 20.6. The Balaban J connectivity index is 1.23. The fourth-order valence-electron chi connectivity index (χ4n) is 3.35. The molecule has 2 aromatic carbocycles. The number of hydrogen-bond donors (Lipinski definition) is 0. The van der Waals surface area contributed by atoms with Crippen molar-refractivity contribution < 1.29 is 14.1 Å². The molecule has 0 spiro atoms. The van der Waals surface area contributed by atoms with E-state index in [0.717, 1.165) is 18.7 Å². The lowest BCUT2D eigenvalue weighted by atomic mass is 10.1. The number of aromatic nitrogens is 2. The molecule has 0 N–H and O–H groups in total. The maximum atomic E-state index is 12.4. The molecule has 8 heteroatoms. The Labute approximate surface area is 180 Å². The molecule has 31 heavy (non-hydrogen) atoms. The molecule has 0 saturated carbocycles. The molecule has 1 aliphatic rings. The zero-order valence-electron chi connectivity index (χ0n) is 17.3. The Morgan fingerprint density at radius 3 is 2.48 bits per heavy atom. The SMILES string of the molecule is Cc1ccc(-c2noc(CN3CCN(C(=O)COc4ccc(C#N)cc4)CC3)n2)cc1. The Morgan fingerprint density at radius 1 is 1.10 bits per heavy atom. The molecule has 1 aliphatic heterocycles. The first-order chi connectivity index (χ1) is 15.1. The lowest BCUT2D eigenvalue weighted by Gasteiger charge is -2.33. The summed E-state index contributed by atoms with van der Waals surface area (Å²) in [5.41, 5.74) is 2.67. The van der Waals surface area contributed by atoms with E-state index in [1.54, 1.807) is 29.2 Å². The van der Waals surface area contributed by atoms with Gasteiger partial charge >= 0.3 is 0 Å². The van der Waals surface area contributed by atoms with E-state index in [1.807, 2.05) is 31.2 Å². The van der Waals surface area contributed by atoms with Gasteiger partial charge in [0.2, 0.25) is 11.7 Å². The van der Waals surface area contributed by atoms with E-state index in [4.69, 9.17) is 14.5 Å². The fraction of sp³-hybridized carbons (Fsp3) is 0.304. The summed E-state index contributed by atoms with van der Waals surface area (Å²) in [5, 5.41) is 12.9. The molecule has 1 saturated heterocycles. The molecule has 0 aliphatic carbocycles. The number of carbonyl (C=O) groups is 1. The number of nitriles is 1. The molecule has 1 amide bonds. The number of nitrogens with zero attached hydrogens (tertiary/aromatic N) is 5. The van der Waals surface area contributed by atoms with Gasteiger partial charge in [0.1, 0.15) is 5.75 Å². The van der Waals surface area contributed by atoms with Crippen LogP contribution < -0.4 is 4.74 Å². The third-order valence-corrected chi connectivity index (χ3v) is 5.21. The smallest absolute Gasteiger partial charge is 0.260 e. The van der Waals surface area contributed by atoms with Crippen molar-refractivity contribution in [3.63, 3.8) is 0 Å². The van der Waals surface area contributed by atoms with Gasteiger partial charge in [-0.05, 0) is 31.2 Å². The average molecular weight is 417 g/mol. The van der Waals surface area contributed by atoms with Crippen LogP contribution in [-0.4, -0.2) is 58.6 Å².